The number of hydrogen-bond acceptors (Lipinski definition) is 5. The van der Waals surface area contributed by atoms with Crippen LogP contribution >= 0.6 is 11.8 Å². The van der Waals surface area contributed by atoms with Gasteiger partial charge >= 0.3 is 0 Å². The molecule has 8 heteroatoms. The number of hydrogen-bond donors (Lipinski definition) is 2. The summed E-state index contributed by atoms with van der Waals surface area (Å²) < 4.78 is 0. The molecule has 0 radical (unpaired) electrons. The maximum absolute atomic E-state index is 12.4. The second-order valence-electron chi connectivity index (χ2n) is 6.14. The van der Waals surface area contributed by atoms with Gasteiger partial charge in [-0.3, -0.25) is 24.1 Å². The van der Waals surface area contributed by atoms with E-state index in [2.05, 4.69) is 10.6 Å². The second-order valence-corrected chi connectivity index (χ2v) is 7.14. The fourth-order valence-electron chi connectivity index (χ4n) is 2.62. The van der Waals surface area contributed by atoms with Crippen molar-refractivity contribution in [2.75, 3.05) is 19.6 Å². The fraction of sp³-hybridized carbons (Fsp3) is 0.143. The van der Waals surface area contributed by atoms with E-state index in [4.69, 9.17) is 0 Å². The first-order valence-electron chi connectivity index (χ1n) is 8.95. The number of benzene rings is 2. The van der Waals surface area contributed by atoms with Gasteiger partial charge in [0.2, 0.25) is 5.91 Å². The van der Waals surface area contributed by atoms with Crippen molar-refractivity contribution < 1.29 is 19.2 Å². The lowest BCUT2D eigenvalue weighted by Gasteiger charge is -2.13. The van der Waals surface area contributed by atoms with Crippen LogP contribution in [-0.2, 0) is 9.59 Å². The Kier molecular flexibility index (Phi) is 6.80. The molecule has 7 nitrogen and oxygen atoms in total. The van der Waals surface area contributed by atoms with Gasteiger partial charge in [0, 0.05) is 18.7 Å². The summed E-state index contributed by atoms with van der Waals surface area (Å²) >= 11 is 0.876. The highest BCUT2D eigenvalue weighted by Gasteiger charge is 2.34. The van der Waals surface area contributed by atoms with Crippen LogP contribution in [0.2, 0.25) is 0 Å². The molecule has 1 fully saturated rings. The molecule has 0 spiro atoms. The van der Waals surface area contributed by atoms with Gasteiger partial charge in [0.15, 0.2) is 0 Å². The van der Waals surface area contributed by atoms with Crippen LogP contribution < -0.4 is 10.6 Å². The standard InChI is InChI=1S/C21H19N3O4S/c25-18(14-23-19(26)16-9-5-2-6-10-16)22-11-12-24-20(27)17(29-21(24)28)13-15-7-3-1-4-8-15/h1-10,13H,11-12,14H2,(H,22,25)(H,23,26). The highest BCUT2D eigenvalue weighted by Crippen LogP contribution is 2.31. The summed E-state index contributed by atoms with van der Waals surface area (Å²) in [5, 5.41) is 4.74. The van der Waals surface area contributed by atoms with E-state index in [-0.39, 0.29) is 36.7 Å². The molecular weight excluding hydrogens is 390 g/mol. The molecule has 0 aromatic heterocycles. The third-order valence-corrected chi connectivity index (χ3v) is 4.98. The van der Waals surface area contributed by atoms with E-state index < -0.39 is 5.91 Å². The number of rotatable bonds is 7. The Balaban J connectivity index is 1.44. The van der Waals surface area contributed by atoms with Crippen LogP contribution in [0.25, 0.3) is 6.08 Å². The fourth-order valence-corrected chi connectivity index (χ4v) is 3.48. The van der Waals surface area contributed by atoms with Crippen molar-refractivity contribution in [3.8, 4) is 0 Å². The first-order valence-corrected chi connectivity index (χ1v) is 9.76. The van der Waals surface area contributed by atoms with Crippen molar-refractivity contribution in [3.05, 3.63) is 76.7 Å². The minimum atomic E-state index is -0.402. The SMILES string of the molecule is O=C(CNC(=O)c1ccccc1)NCCN1C(=O)SC(=Cc2ccccc2)C1=O. The van der Waals surface area contributed by atoms with Crippen molar-refractivity contribution in [3.63, 3.8) is 0 Å². The lowest BCUT2D eigenvalue weighted by molar-refractivity contribution is -0.124. The van der Waals surface area contributed by atoms with Gasteiger partial charge in [-0.2, -0.15) is 0 Å². The minimum Gasteiger partial charge on any atom is -0.353 e. The van der Waals surface area contributed by atoms with E-state index in [1.165, 1.54) is 0 Å². The van der Waals surface area contributed by atoms with E-state index in [9.17, 15) is 19.2 Å². The minimum absolute atomic E-state index is 0.0647. The Morgan fingerprint density at radius 1 is 0.931 bits per heavy atom. The summed E-state index contributed by atoms with van der Waals surface area (Å²) in [6.45, 7) is -0.0185. The molecule has 2 aromatic rings. The number of imide groups is 1. The Hall–Kier alpha value is -3.39. The van der Waals surface area contributed by atoms with Crippen LogP contribution in [0.5, 0.6) is 0 Å². The molecule has 1 heterocycles. The Morgan fingerprint density at radius 2 is 1.59 bits per heavy atom. The van der Waals surface area contributed by atoms with Crippen LogP contribution in [0.3, 0.4) is 0 Å². The third-order valence-electron chi connectivity index (χ3n) is 4.07. The van der Waals surface area contributed by atoms with Crippen molar-refractivity contribution >= 4 is 40.8 Å². The van der Waals surface area contributed by atoms with E-state index in [0.29, 0.717) is 10.5 Å². The predicted molar refractivity (Wildman–Crippen MR) is 111 cm³/mol. The average Bonchev–Trinajstić information content (AvgIpc) is 3.00. The van der Waals surface area contributed by atoms with E-state index in [1.807, 2.05) is 30.3 Å². The molecule has 1 aliphatic heterocycles. The molecule has 0 bridgehead atoms. The summed E-state index contributed by atoms with van der Waals surface area (Å²) in [5.74, 6) is -1.13. The molecule has 3 rings (SSSR count). The zero-order valence-corrected chi connectivity index (χ0v) is 16.3. The van der Waals surface area contributed by atoms with Crippen LogP contribution in [-0.4, -0.2) is 47.5 Å². The van der Waals surface area contributed by atoms with Crippen molar-refractivity contribution in [1.82, 2.24) is 15.5 Å². The van der Waals surface area contributed by atoms with E-state index >= 15 is 0 Å². The highest BCUT2D eigenvalue weighted by molar-refractivity contribution is 8.18. The van der Waals surface area contributed by atoms with E-state index in [1.54, 1.807) is 36.4 Å². The monoisotopic (exact) mass is 409 g/mol. The zero-order chi connectivity index (χ0) is 20.6. The molecule has 4 amide bonds. The van der Waals surface area contributed by atoms with E-state index in [0.717, 1.165) is 22.2 Å². The predicted octanol–water partition coefficient (Wildman–Crippen LogP) is 2.27. The van der Waals surface area contributed by atoms with Crippen molar-refractivity contribution in [1.29, 1.82) is 0 Å². The van der Waals surface area contributed by atoms with Crippen LogP contribution in [0.4, 0.5) is 4.79 Å². The Morgan fingerprint density at radius 3 is 2.28 bits per heavy atom. The molecule has 1 aliphatic rings. The molecule has 1 saturated heterocycles. The van der Waals surface area contributed by atoms with Gasteiger partial charge in [0.05, 0.1) is 11.4 Å². The van der Waals surface area contributed by atoms with Gasteiger partial charge in [-0.15, -0.1) is 0 Å². The molecule has 0 unspecified atom stereocenters. The average molecular weight is 409 g/mol. The summed E-state index contributed by atoms with van der Waals surface area (Å²) in [6.07, 6.45) is 1.67. The quantitative estimate of drug-likeness (QED) is 0.684. The lowest BCUT2D eigenvalue weighted by atomic mass is 10.2. The number of carbonyl (C=O) groups is 4. The normalized spacial score (nSPS) is 14.9. The Labute approximate surface area is 172 Å². The zero-order valence-electron chi connectivity index (χ0n) is 15.5. The number of amides is 4. The molecule has 2 N–H and O–H groups in total. The number of carbonyl (C=O) groups excluding carboxylic acids is 4. The first kappa shape index (κ1) is 20.3. The third kappa shape index (κ3) is 5.55. The molecule has 148 valence electrons. The smallest absolute Gasteiger partial charge is 0.293 e. The maximum atomic E-state index is 12.4. The molecule has 0 atom stereocenters. The van der Waals surface area contributed by atoms with Gasteiger partial charge < -0.3 is 10.6 Å². The highest BCUT2D eigenvalue weighted by atomic mass is 32.2. The Bertz CT molecular complexity index is 945. The topological polar surface area (TPSA) is 95.6 Å². The van der Waals surface area contributed by atoms with Gasteiger partial charge in [-0.1, -0.05) is 48.5 Å². The summed E-state index contributed by atoms with van der Waals surface area (Å²) in [6, 6.07) is 17.8. The van der Waals surface area contributed by atoms with Gasteiger partial charge in [0.1, 0.15) is 0 Å². The van der Waals surface area contributed by atoms with Gasteiger partial charge in [-0.05, 0) is 35.5 Å². The molecule has 2 aromatic carbocycles. The largest absolute Gasteiger partial charge is 0.353 e. The first-order chi connectivity index (χ1) is 14.0. The lowest BCUT2D eigenvalue weighted by Crippen LogP contribution is -2.41. The number of nitrogens with zero attached hydrogens (tertiary/aromatic N) is 1. The van der Waals surface area contributed by atoms with Crippen molar-refractivity contribution in [2.24, 2.45) is 0 Å². The van der Waals surface area contributed by atoms with Crippen LogP contribution in [0, 0.1) is 0 Å². The summed E-state index contributed by atoms with van der Waals surface area (Å²) in [4.78, 5) is 49.8. The van der Waals surface area contributed by atoms with Crippen LogP contribution in [0.15, 0.2) is 65.6 Å². The molecular formula is C21H19N3O4S. The maximum Gasteiger partial charge on any atom is 0.293 e. The van der Waals surface area contributed by atoms with Crippen LogP contribution in [0.1, 0.15) is 15.9 Å². The van der Waals surface area contributed by atoms with Crippen molar-refractivity contribution in [2.45, 2.75) is 0 Å². The molecule has 29 heavy (non-hydrogen) atoms. The number of thioether (sulfide) groups is 1. The van der Waals surface area contributed by atoms with Gasteiger partial charge in [-0.25, -0.2) is 0 Å². The van der Waals surface area contributed by atoms with Gasteiger partial charge in [0.25, 0.3) is 17.1 Å². The summed E-state index contributed by atoms with van der Waals surface area (Å²) in [5.41, 5.74) is 1.30. The molecule has 0 aliphatic carbocycles. The molecule has 0 saturated carbocycles. The second kappa shape index (κ2) is 9.70. The summed E-state index contributed by atoms with van der Waals surface area (Å²) in [7, 11) is 0. The number of nitrogens with one attached hydrogen (secondary N) is 2.